The second-order valence-electron chi connectivity index (χ2n) is 4.82. The second-order valence-corrected chi connectivity index (χ2v) is 5.67. The number of primary amides is 1. The third-order valence-electron chi connectivity index (χ3n) is 2.90. The average molecular weight is 426 g/mol. The first-order chi connectivity index (χ1) is 11.1. The Hall–Kier alpha value is -1.02. The number of ether oxygens (including phenoxy) is 3. The van der Waals surface area contributed by atoms with Gasteiger partial charge in [0.1, 0.15) is 0 Å². The maximum Gasteiger partial charge on any atom is 0.255 e. The van der Waals surface area contributed by atoms with Crippen molar-refractivity contribution >= 4 is 34.2 Å². The molecule has 0 aliphatic heterocycles. The van der Waals surface area contributed by atoms with Gasteiger partial charge in [-0.3, -0.25) is 4.79 Å². The van der Waals surface area contributed by atoms with Gasteiger partial charge in [0.15, 0.2) is 18.1 Å². The Morgan fingerprint density at radius 3 is 2.62 bits per heavy atom. The zero-order valence-electron chi connectivity index (χ0n) is 14.1. The van der Waals surface area contributed by atoms with Gasteiger partial charge in [-0.2, -0.15) is 0 Å². The molecule has 0 radical (unpaired) electrons. The Morgan fingerprint density at radius 1 is 1.25 bits per heavy atom. The highest BCUT2D eigenvalue weighted by Crippen LogP contribution is 2.36. The number of benzene rings is 1. The fraction of sp³-hybridized carbons (Fsp3) is 0.562. The van der Waals surface area contributed by atoms with Crippen LogP contribution in [0.25, 0.3) is 0 Å². The van der Waals surface area contributed by atoms with Crippen molar-refractivity contribution in [3.8, 4) is 11.5 Å². The van der Waals surface area contributed by atoms with E-state index in [0.717, 1.165) is 36.2 Å². The molecule has 0 bridgehead atoms. The van der Waals surface area contributed by atoms with Crippen molar-refractivity contribution in [2.24, 2.45) is 5.73 Å². The Labute approximate surface area is 157 Å². The van der Waals surface area contributed by atoms with Crippen LogP contribution in [0.5, 0.6) is 11.5 Å². The van der Waals surface area contributed by atoms with E-state index in [1.54, 1.807) is 0 Å². The number of carbonyl (C=O) groups is 1. The summed E-state index contributed by atoms with van der Waals surface area (Å²) in [6.45, 7) is 7.29. The molecule has 0 aromatic heterocycles. The fourth-order valence-corrected chi connectivity index (χ4v) is 2.55. The number of carbonyl (C=O) groups excluding carboxylic acids is 1. The lowest BCUT2D eigenvalue weighted by Crippen LogP contribution is -2.20. The Balaban J connectivity index is 0.00000529. The minimum Gasteiger partial charge on any atom is -0.490 e. The van der Waals surface area contributed by atoms with Crippen molar-refractivity contribution in [2.45, 2.75) is 26.8 Å². The third-order valence-corrected chi connectivity index (χ3v) is 3.49. The molecular formula is C16H26BrClN2O4. The zero-order valence-corrected chi connectivity index (χ0v) is 16.5. The van der Waals surface area contributed by atoms with E-state index in [4.69, 9.17) is 19.9 Å². The van der Waals surface area contributed by atoms with E-state index >= 15 is 0 Å². The van der Waals surface area contributed by atoms with Gasteiger partial charge in [-0.15, -0.1) is 12.4 Å². The van der Waals surface area contributed by atoms with Crippen LogP contribution in [0.1, 0.15) is 25.8 Å². The number of nitrogens with one attached hydrogen (secondary N) is 1. The number of amides is 1. The molecule has 0 saturated heterocycles. The number of rotatable bonds is 12. The van der Waals surface area contributed by atoms with Crippen LogP contribution < -0.4 is 20.5 Å². The number of hydrogen-bond acceptors (Lipinski definition) is 5. The highest BCUT2D eigenvalue weighted by atomic mass is 79.9. The minimum absolute atomic E-state index is 0. The molecule has 0 fully saturated rings. The van der Waals surface area contributed by atoms with E-state index in [1.807, 2.05) is 26.0 Å². The summed E-state index contributed by atoms with van der Waals surface area (Å²) in [7, 11) is 0. The summed E-state index contributed by atoms with van der Waals surface area (Å²) in [5.41, 5.74) is 6.18. The first kappa shape index (κ1) is 23.0. The number of halogens is 2. The van der Waals surface area contributed by atoms with Gasteiger partial charge in [0.05, 0.1) is 11.1 Å². The highest BCUT2D eigenvalue weighted by Gasteiger charge is 2.13. The standard InChI is InChI=1S/C16H25BrN2O4.ClH/c1-3-21-7-5-6-19-10-12-8-13(17)16(23-11-15(18)20)14(9-12)22-4-2;/h8-9,19H,3-7,10-11H2,1-2H3,(H2,18,20);1H. The Bertz CT molecular complexity index is 503. The molecule has 24 heavy (non-hydrogen) atoms. The van der Waals surface area contributed by atoms with Crippen molar-refractivity contribution in [1.29, 1.82) is 0 Å². The average Bonchev–Trinajstić information content (AvgIpc) is 2.50. The normalized spacial score (nSPS) is 10.1. The van der Waals surface area contributed by atoms with Crippen LogP contribution in [0.4, 0.5) is 0 Å². The largest absolute Gasteiger partial charge is 0.490 e. The van der Waals surface area contributed by atoms with Crippen molar-refractivity contribution < 1.29 is 19.0 Å². The van der Waals surface area contributed by atoms with Gasteiger partial charge >= 0.3 is 0 Å². The molecule has 138 valence electrons. The molecule has 0 heterocycles. The summed E-state index contributed by atoms with van der Waals surface area (Å²) in [6, 6.07) is 3.84. The predicted molar refractivity (Wildman–Crippen MR) is 100 cm³/mol. The molecule has 1 amide bonds. The first-order valence-corrected chi connectivity index (χ1v) is 8.52. The topological polar surface area (TPSA) is 82.8 Å². The molecule has 0 spiro atoms. The summed E-state index contributed by atoms with van der Waals surface area (Å²) in [5, 5.41) is 3.36. The highest BCUT2D eigenvalue weighted by molar-refractivity contribution is 9.10. The molecule has 0 aliphatic rings. The van der Waals surface area contributed by atoms with Gasteiger partial charge in [0.25, 0.3) is 5.91 Å². The quantitative estimate of drug-likeness (QED) is 0.503. The molecule has 1 rings (SSSR count). The van der Waals surface area contributed by atoms with E-state index < -0.39 is 5.91 Å². The molecule has 8 heteroatoms. The second kappa shape index (κ2) is 13.3. The molecule has 3 N–H and O–H groups in total. The van der Waals surface area contributed by atoms with Gasteiger partial charge in [-0.1, -0.05) is 0 Å². The summed E-state index contributed by atoms with van der Waals surface area (Å²) in [4.78, 5) is 10.9. The van der Waals surface area contributed by atoms with Gasteiger partial charge < -0.3 is 25.3 Å². The van der Waals surface area contributed by atoms with E-state index in [0.29, 0.717) is 24.7 Å². The van der Waals surface area contributed by atoms with Crippen molar-refractivity contribution in [3.63, 3.8) is 0 Å². The maximum atomic E-state index is 10.9. The van der Waals surface area contributed by atoms with Gasteiger partial charge in [-0.25, -0.2) is 0 Å². The van der Waals surface area contributed by atoms with Crippen molar-refractivity contribution in [3.05, 3.63) is 22.2 Å². The molecule has 0 aliphatic carbocycles. The third kappa shape index (κ3) is 8.73. The molecule has 1 aromatic rings. The molecule has 0 saturated carbocycles. The molecule has 6 nitrogen and oxygen atoms in total. The summed E-state index contributed by atoms with van der Waals surface area (Å²) in [5.74, 6) is 0.555. The van der Waals surface area contributed by atoms with Gasteiger partial charge in [0, 0.05) is 19.8 Å². The Morgan fingerprint density at radius 2 is 2.00 bits per heavy atom. The zero-order chi connectivity index (χ0) is 17.1. The maximum absolute atomic E-state index is 10.9. The van der Waals surface area contributed by atoms with Gasteiger partial charge in [0.2, 0.25) is 0 Å². The van der Waals surface area contributed by atoms with Crippen LogP contribution in [0.2, 0.25) is 0 Å². The monoisotopic (exact) mass is 424 g/mol. The fourth-order valence-electron chi connectivity index (χ4n) is 1.95. The summed E-state index contributed by atoms with van der Waals surface area (Å²) < 4.78 is 17.0. The first-order valence-electron chi connectivity index (χ1n) is 7.73. The van der Waals surface area contributed by atoms with Crippen LogP contribution in [0.3, 0.4) is 0 Å². The van der Waals surface area contributed by atoms with E-state index in [2.05, 4.69) is 21.2 Å². The predicted octanol–water partition coefficient (Wildman–Crippen LogP) is 2.65. The van der Waals surface area contributed by atoms with Crippen molar-refractivity contribution in [1.82, 2.24) is 5.32 Å². The smallest absolute Gasteiger partial charge is 0.255 e. The lowest BCUT2D eigenvalue weighted by atomic mass is 10.2. The number of nitrogens with two attached hydrogens (primary N) is 1. The van der Waals surface area contributed by atoms with Crippen LogP contribution in [0, 0.1) is 0 Å². The summed E-state index contributed by atoms with van der Waals surface area (Å²) in [6.07, 6.45) is 0.965. The molecular weight excluding hydrogens is 400 g/mol. The summed E-state index contributed by atoms with van der Waals surface area (Å²) >= 11 is 3.46. The molecule has 0 unspecified atom stereocenters. The lowest BCUT2D eigenvalue weighted by molar-refractivity contribution is -0.119. The van der Waals surface area contributed by atoms with Crippen LogP contribution in [-0.4, -0.2) is 38.9 Å². The van der Waals surface area contributed by atoms with Crippen LogP contribution in [-0.2, 0) is 16.1 Å². The van der Waals surface area contributed by atoms with E-state index in [9.17, 15) is 4.79 Å². The molecule has 1 aromatic carbocycles. The SMILES string of the molecule is CCOCCCNCc1cc(Br)c(OCC(N)=O)c(OCC)c1.Cl. The minimum atomic E-state index is -0.528. The number of hydrogen-bond donors (Lipinski definition) is 2. The van der Waals surface area contributed by atoms with Crippen LogP contribution >= 0.6 is 28.3 Å². The Kier molecular flexibility index (Phi) is 12.7. The van der Waals surface area contributed by atoms with Gasteiger partial charge in [-0.05, 0) is 60.4 Å². The molecule has 0 atom stereocenters. The van der Waals surface area contributed by atoms with Crippen LogP contribution in [0.15, 0.2) is 16.6 Å². The van der Waals surface area contributed by atoms with E-state index in [1.165, 1.54) is 0 Å². The van der Waals surface area contributed by atoms with Crippen molar-refractivity contribution in [2.75, 3.05) is 33.0 Å². The van der Waals surface area contributed by atoms with E-state index in [-0.39, 0.29) is 19.0 Å². The lowest BCUT2D eigenvalue weighted by Gasteiger charge is -2.15.